The van der Waals surface area contributed by atoms with Crippen molar-refractivity contribution in [2.75, 3.05) is 11.9 Å². The molecule has 4 heterocycles. The highest BCUT2D eigenvalue weighted by Crippen LogP contribution is 2.38. The van der Waals surface area contributed by atoms with E-state index in [9.17, 15) is 14.0 Å². The molecule has 5 aromatic rings. The number of carbonyl (C=O) groups excluding carboxylic acids is 2. The number of ether oxygens (including phenoxy) is 1. The SMILES string of the molecule is CCOC(=O)c1c(-c2cccs2)csc1NC(=O)c1cc2sccc2n1Cc1cccc(F)c1. The second-order valence-corrected chi connectivity index (χ2v) is 10.2. The van der Waals surface area contributed by atoms with Gasteiger partial charge in [-0.15, -0.1) is 34.0 Å². The molecule has 0 unspecified atom stereocenters. The number of anilines is 1. The van der Waals surface area contributed by atoms with Gasteiger partial charge in [0.25, 0.3) is 5.91 Å². The Morgan fingerprint density at radius 1 is 1.06 bits per heavy atom. The van der Waals surface area contributed by atoms with Crippen LogP contribution in [-0.4, -0.2) is 23.1 Å². The van der Waals surface area contributed by atoms with Gasteiger partial charge in [-0.2, -0.15) is 0 Å². The van der Waals surface area contributed by atoms with Gasteiger partial charge < -0.3 is 14.6 Å². The standard InChI is InChI=1S/C25H19FN2O3S3/c1-2-31-25(30)22-17(20-7-4-9-32-20)14-34-24(22)27-23(29)19-12-21-18(8-10-33-21)28(19)13-15-5-3-6-16(26)11-15/h3-12,14H,2,13H2,1H3,(H,27,29). The predicted octanol–water partition coefficient (Wildman–Crippen LogP) is 7.11. The molecule has 0 saturated heterocycles. The molecular weight excluding hydrogens is 491 g/mol. The summed E-state index contributed by atoms with van der Waals surface area (Å²) in [7, 11) is 0. The lowest BCUT2D eigenvalue weighted by molar-refractivity contribution is 0.0529. The number of nitrogens with zero attached hydrogens (tertiary/aromatic N) is 1. The fourth-order valence-corrected chi connectivity index (χ4v) is 6.38. The Kier molecular flexibility index (Phi) is 6.32. The second kappa shape index (κ2) is 9.54. The van der Waals surface area contributed by atoms with E-state index < -0.39 is 5.97 Å². The van der Waals surface area contributed by atoms with Gasteiger partial charge in [-0.25, -0.2) is 9.18 Å². The molecule has 172 valence electrons. The van der Waals surface area contributed by atoms with Crippen LogP contribution in [0, 0.1) is 5.82 Å². The Hall–Kier alpha value is -3.27. The lowest BCUT2D eigenvalue weighted by Crippen LogP contribution is -2.19. The molecule has 0 atom stereocenters. The number of nitrogens with one attached hydrogen (secondary N) is 1. The molecule has 5 rings (SSSR count). The number of thiophene rings is 3. The maximum Gasteiger partial charge on any atom is 0.341 e. The molecule has 0 fully saturated rings. The second-order valence-electron chi connectivity index (χ2n) is 7.42. The average Bonchev–Trinajstić information content (AvgIpc) is 3.59. The van der Waals surface area contributed by atoms with Crippen LogP contribution in [0.25, 0.3) is 20.7 Å². The molecule has 0 saturated carbocycles. The van der Waals surface area contributed by atoms with E-state index in [1.54, 1.807) is 13.0 Å². The molecule has 1 amide bonds. The molecule has 0 aliphatic heterocycles. The number of amides is 1. The van der Waals surface area contributed by atoms with Crippen molar-refractivity contribution in [1.82, 2.24) is 4.57 Å². The van der Waals surface area contributed by atoms with Crippen molar-refractivity contribution in [3.63, 3.8) is 0 Å². The van der Waals surface area contributed by atoms with Gasteiger partial charge in [-0.3, -0.25) is 4.79 Å². The average molecular weight is 511 g/mol. The number of hydrogen-bond acceptors (Lipinski definition) is 6. The first-order valence-corrected chi connectivity index (χ1v) is 13.1. The minimum Gasteiger partial charge on any atom is -0.462 e. The zero-order valence-electron chi connectivity index (χ0n) is 18.0. The van der Waals surface area contributed by atoms with E-state index in [1.165, 1.54) is 46.1 Å². The lowest BCUT2D eigenvalue weighted by Gasteiger charge is -2.12. The van der Waals surface area contributed by atoms with Crippen molar-refractivity contribution in [3.05, 3.63) is 87.3 Å². The monoisotopic (exact) mass is 510 g/mol. The highest BCUT2D eigenvalue weighted by atomic mass is 32.1. The number of fused-ring (bicyclic) bond motifs is 1. The Balaban J connectivity index is 1.51. The summed E-state index contributed by atoms with van der Waals surface area (Å²) in [6.07, 6.45) is 0. The van der Waals surface area contributed by atoms with Crippen LogP contribution in [0.5, 0.6) is 0 Å². The van der Waals surface area contributed by atoms with E-state index in [1.807, 2.05) is 51.0 Å². The Labute approximate surface area is 207 Å². The third kappa shape index (κ3) is 4.29. The topological polar surface area (TPSA) is 60.3 Å². The molecular formula is C25H19FN2O3S3. The Morgan fingerprint density at radius 2 is 1.94 bits per heavy atom. The molecule has 1 N–H and O–H groups in total. The summed E-state index contributed by atoms with van der Waals surface area (Å²) < 4.78 is 21.9. The van der Waals surface area contributed by atoms with E-state index in [4.69, 9.17) is 4.74 Å². The van der Waals surface area contributed by atoms with Gasteiger partial charge in [0.05, 0.1) is 16.8 Å². The van der Waals surface area contributed by atoms with E-state index in [0.29, 0.717) is 22.8 Å². The van der Waals surface area contributed by atoms with Crippen molar-refractivity contribution < 1.29 is 18.7 Å². The Bertz CT molecular complexity index is 1480. The number of hydrogen-bond donors (Lipinski definition) is 1. The fraction of sp³-hybridized carbons (Fsp3) is 0.120. The van der Waals surface area contributed by atoms with Gasteiger partial charge in [-0.1, -0.05) is 18.2 Å². The number of rotatable bonds is 7. The summed E-state index contributed by atoms with van der Waals surface area (Å²) >= 11 is 4.34. The smallest absolute Gasteiger partial charge is 0.341 e. The van der Waals surface area contributed by atoms with Gasteiger partial charge in [0.2, 0.25) is 0 Å². The first kappa shape index (κ1) is 22.5. The number of carbonyl (C=O) groups is 2. The molecule has 0 aliphatic carbocycles. The van der Waals surface area contributed by atoms with Gasteiger partial charge in [0.1, 0.15) is 22.1 Å². The first-order valence-electron chi connectivity index (χ1n) is 10.5. The number of aromatic nitrogens is 1. The van der Waals surface area contributed by atoms with E-state index in [-0.39, 0.29) is 18.3 Å². The van der Waals surface area contributed by atoms with E-state index in [2.05, 4.69) is 5.32 Å². The fourth-order valence-electron chi connectivity index (χ4n) is 3.79. The maximum absolute atomic E-state index is 13.8. The zero-order chi connectivity index (χ0) is 23.7. The largest absolute Gasteiger partial charge is 0.462 e. The van der Waals surface area contributed by atoms with E-state index >= 15 is 0 Å². The van der Waals surface area contributed by atoms with Gasteiger partial charge >= 0.3 is 5.97 Å². The molecule has 9 heteroatoms. The van der Waals surface area contributed by atoms with Crippen LogP contribution in [0.2, 0.25) is 0 Å². The van der Waals surface area contributed by atoms with Crippen LogP contribution >= 0.6 is 34.0 Å². The molecule has 1 aromatic carbocycles. The lowest BCUT2D eigenvalue weighted by atomic mass is 10.1. The molecule has 0 spiro atoms. The van der Waals surface area contributed by atoms with E-state index in [0.717, 1.165) is 26.2 Å². The Morgan fingerprint density at radius 3 is 2.71 bits per heavy atom. The molecule has 0 bridgehead atoms. The summed E-state index contributed by atoms with van der Waals surface area (Å²) in [5, 5.41) is 9.12. The quantitative estimate of drug-likeness (QED) is 0.237. The summed E-state index contributed by atoms with van der Waals surface area (Å²) in [6.45, 7) is 2.33. The summed E-state index contributed by atoms with van der Waals surface area (Å²) in [5.74, 6) is -1.14. The summed E-state index contributed by atoms with van der Waals surface area (Å²) in [4.78, 5) is 27.2. The minimum atomic E-state index is -0.474. The minimum absolute atomic E-state index is 0.235. The van der Waals surface area contributed by atoms with Crippen molar-refractivity contribution in [2.24, 2.45) is 0 Å². The van der Waals surface area contributed by atoms with Crippen molar-refractivity contribution in [2.45, 2.75) is 13.5 Å². The van der Waals surface area contributed by atoms with Crippen molar-refractivity contribution in [3.8, 4) is 10.4 Å². The number of benzene rings is 1. The van der Waals surface area contributed by atoms with Gasteiger partial charge in [0, 0.05) is 22.4 Å². The normalized spacial score (nSPS) is 11.1. The first-order chi connectivity index (χ1) is 16.5. The zero-order valence-corrected chi connectivity index (χ0v) is 20.5. The van der Waals surface area contributed by atoms with Crippen LogP contribution in [0.4, 0.5) is 9.39 Å². The highest BCUT2D eigenvalue weighted by molar-refractivity contribution is 7.17. The van der Waals surface area contributed by atoms with Crippen molar-refractivity contribution >= 4 is 61.1 Å². The van der Waals surface area contributed by atoms with Gasteiger partial charge in [0.15, 0.2) is 0 Å². The number of halogens is 1. The van der Waals surface area contributed by atoms with Crippen LogP contribution in [0.15, 0.2) is 64.7 Å². The van der Waals surface area contributed by atoms with Crippen LogP contribution in [0.1, 0.15) is 33.3 Å². The van der Waals surface area contributed by atoms with Crippen LogP contribution < -0.4 is 5.32 Å². The molecule has 4 aromatic heterocycles. The predicted molar refractivity (Wildman–Crippen MR) is 137 cm³/mol. The molecule has 34 heavy (non-hydrogen) atoms. The third-order valence-electron chi connectivity index (χ3n) is 5.27. The third-order valence-corrected chi connectivity index (χ3v) is 7.92. The molecule has 0 aliphatic rings. The molecule has 5 nitrogen and oxygen atoms in total. The van der Waals surface area contributed by atoms with Crippen molar-refractivity contribution in [1.29, 1.82) is 0 Å². The number of esters is 1. The summed E-state index contributed by atoms with van der Waals surface area (Å²) in [6, 6.07) is 14.0. The van der Waals surface area contributed by atoms with Crippen LogP contribution in [0.3, 0.4) is 0 Å². The molecule has 0 radical (unpaired) electrons. The maximum atomic E-state index is 13.8. The highest BCUT2D eigenvalue weighted by Gasteiger charge is 2.25. The van der Waals surface area contributed by atoms with Crippen LogP contribution in [-0.2, 0) is 11.3 Å². The summed E-state index contributed by atoms with van der Waals surface area (Å²) in [5.41, 5.74) is 3.18. The van der Waals surface area contributed by atoms with Gasteiger partial charge in [-0.05, 0) is 53.6 Å².